The smallest absolute Gasteiger partial charge is 0.376 e. The lowest BCUT2D eigenvalue weighted by atomic mass is 9.94. The van der Waals surface area contributed by atoms with Crippen LogP contribution in [0.4, 0.5) is 0 Å². The molecule has 0 aliphatic carbocycles. The Morgan fingerprint density at radius 1 is 0.786 bits per heavy atom. The quantitative estimate of drug-likeness (QED) is 0.491. The second kappa shape index (κ2) is 7.79. The van der Waals surface area contributed by atoms with Gasteiger partial charge in [0.15, 0.2) is 0 Å². The van der Waals surface area contributed by atoms with Crippen LogP contribution in [0.3, 0.4) is 0 Å². The number of carbonyl (C=O) groups is 1. The maximum absolute atomic E-state index is 13.3. The molecule has 0 radical (unpaired) electrons. The Kier molecular flexibility index (Phi) is 5.04. The average molecular weight is 431 g/mol. The van der Waals surface area contributed by atoms with Gasteiger partial charge in [0.05, 0.1) is 0 Å². The molecule has 1 heterocycles. The number of nitrogens with two attached hydrogens (primary N) is 1. The molecule has 3 aromatic carbocycles. The topological polar surface area (TPSA) is 55.8 Å². The third-order valence-corrected chi connectivity index (χ3v) is 5.02. The van der Waals surface area contributed by atoms with Crippen molar-refractivity contribution in [3.63, 3.8) is 0 Å². The fourth-order valence-electron chi connectivity index (χ4n) is 3.10. The monoisotopic (exact) mass is 430 g/mol. The molecule has 3 nitrogen and oxygen atoms in total. The first kappa shape index (κ1) is 18.1. The molecule has 4 heteroatoms. The summed E-state index contributed by atoms with van der Waals surface area (Å²) in [7, 11) is 0. The van der Waals surface area contributed by atoms with Crippen molar-refractivity contribution in [3.8, 4) is 22.5 Å². The first-order valence-corrected chi connectivity index (χ1v) is 9.60. The van der Waals surface area contributed by atoms with Crippen LogP contribution in [-0.2, 0) is 0 Å². The highest BCUT2D eigenvalue weighted by molar-refractivity contribution is 9.10. The fraction of sp³-hybridized carbons (Fsp3) is 0. The Balaban J connectivity index is 1.94. The minimum atomic E-state index is -0.174. The van der Waals surface area contributed by atoms with E-state index in [9.17, 15) is 4.79 Å². The molecule has 0 fully saturated rings. The lowest BCUT2D eigenvalue weighted by molar-refractivity contribution is -0.198. The molecule has 4 aromatic rings. The van der Waals surface area contributed by atoms with Gasteiger partial charge >= 0.3 is 5.55 Å². The highest BCUT2D eigenvalue weighted by atomic mass is 79.9. The number of ketones is 1. The van der Waals surface area contributed by atoms with Crippen LogP contribution < -0.4 is 11.0 Å². The average Bonchev–Trinajstić information content (AvgIpc) is 2.74. The number of carbonyl (C=O) groups excluding carboxylic acids is 1. The van der Waals surface area contributed by atoms with Crippen molar-refractivity contribution in [1.82, 2.24) is 0 Å². The summed E-state index contributed by atoms with van der Waals surface area (Å²) in [4.78, 5) is 13.3. The minimum absolute atomic E-state index is 0.105. The van der Waals surface area contributed by atoms with Crippen LogP contribution in [0.5, 0.6) is 0 Å². The number of benzene rings is 3. The largest absolute Gasteiger partial charge is 0.404 e. The van der Waals surface area contributed by atoms with E-state index in [-0.39, 0.29) is 11.3 Å². The normalized spacial score (nSPS) is 10.6. The summed E-state index contributed by atoms with van der Waals surface area (Å²) < 4.78 is 6.78. The summed E-state index contributed by atoms with van der Waals surface area (Å²) in [5, 5.41) is 6.27. The minimum Gasteiger partial charge on any atom is -0.404 e. The van der Waals surface area contributed by atoms with E-state index >= 15 is 0 Å². The molecule has 0 bridgehead atoms. The van der Waals surface area contributed by atoms with E-state index in [1.807, 2.05) is 78.9 Å². The molecule has 0 atom stereocenters. The Morgan fingerprint density at radius 3 is 1.96 bits per heavy atom. The molecule has 0 saturated carbocycles. The third-order valence-electron chi connectivity index (χ3n) is 4.49. The van der Waals surface area contributed by atoms with Crippen molar-refractivity contribution in [3.05, 3.63) is 112 Å². The molecule has 0 spiro atoms. The molecular weight excluding hydrogens is 414 g/mol. The second-order valence-electron chi connectivity index (χ2n) is 6.33. The molecule has 136 valence electrons. The third kappa shape index (κ3) is 3.59. The van der Waals surface area contributed by atoms with Crippen molar-refractivity contribution in [2.75, 3.05) is 0 Å². The van der Waals surface area contributed by atoms with E-state index < -0.39 is 0 Å². The standard InChI is InChI=1S/C24H16BrNO2/c25-19-13-11-18(12-14-19)23(27)22-20(16-7-3-1-4-8-16)15-21(28-24(22)26)17-9-5-2-6-10-17/h1-15,26H/p+1. The van der Waals surface area contributed by atoms with E-state index in [1.165, 1.54) is 0 Å². The predicted molar refractivity (Wildman–Crippen MR) is 112 cm³/mol. The van der Waals surface area contributed by atoms with E-state index in [0.717, 1.165) is 21.2 Å². The zero-order valence-corrected chi connectivity index (χ0v) is 16.5. The van der Waals surface area contributed by atoms with Gasteiger partial charge in [0, 0.05) is 21.2 Å². The first-order chi connectivity index (χ1) is 13.6. The molecule has 0 amide bonds. The molecule has 28 heavy (non-hydrogen) atoms. The van der Waals surface area contributed by atoms with Crippen LogP contribution in [0, 0.1) is 0 Å². The number of hydrogen-bond acceptors (Lipinski definition) is 2. The highest BCUT2D eigenvalue weighted by Crippen LogP contribution is 2.28. The summed E-state index contributed by atoms with van der Waals surface area (Å²) in [5.41, 5.74) is 3.57. The van der Waals surface area contributed by atoms with Gasteiger partial charge in [-0.05, 0) is 35.9 Å². The SMILES string of the molecule is [NH2+]=c1oc(-c2ccccc2)cc(-c2ccccc2)c1C(=O)c1ccc(Br)cc1. The van der Waals surface area contributed by atoms with Crippen molar-refractivity contribution in [2.24, 2.45) is 0 Å². The van der Waals surface area contributed by atoms with Crippen LogP contribution in [0.15, 0.2) is 99.9 Å². The van der Waals surface area contributed by atoms with Gasteiger partial charge in [-0.15, -0.1) is 0 Å². The fourth-order valence-corrected chi connectivity index (χ4v) is 3.37. The summed E-state index contributed by atoms with van der Waals surface area (Å²) in [6.07, 6.45) is 0. The van der Waals surface area contributed by atoms with Crippen molar-refractivity contribution in [2.45, 2.75) is 0 Å². The molecule has 2 N–H and O–H groups in total. The van der Waals surface area contributed by atoms with Crippen LogP contribution in [-0.4, -0.2) is 5.78 Å². The van der Waals surface area contributed by atoms with Crippen LogP contribution in [0.1, 0.15) is 15.9 Å². The van der Waals surface area contributed by atoms with E-state index in [4.69, 9.17) is 9.83 Å². The zero-order valence-electron chi connectivity index (χ0n) is 14.9. The first-order valence-electron chi connectivity index (χ1n) is 8.81. The summed E-state index contributed by atoms with van der Waals surface area (Å²) in [5.74, 6) is 0.441. The van der Waals surface area contributed by atoms with Gasteiger partial charge in [-0.1, -0.05) is 76.6 Å². The Labute approximate surface area is 170 Å². The molecule has 0 aliphatic rings. The van der Waals surface area contributed by atoms with Gasteiger partial charge in [-0.2, -0.15) is 0 Å². The molecule has 0 aliphatic heterocycles. The van der Waals surface area contributed by atoms with Crippen molar-refractivity contribution < 1.29 is 14.6 Å². The number of halogens is 1. The zero-order chi connectivity index (χ0) is 19.5. The Morgan fingerprint density at radius 2 is 1.36 bits per heavy atom. The predicted octanol–water partition coefficient (Wildman–Crippen LogP) is 4.27. The van der Waals surface area contributed by atoms with Gasteiger partial charge in [-0.3, -0.25) is 4.79 Å². The van der Waals surface area contributed by atoms with E-state index in [1.54, 1.807) is 12.1 Å². The van der Waals surface area contributed by atoms with Gasteiger partial charge < -0.3 is 4.42 Å². The summed E-state index contributed by atoms with van der Waals surface area (Å²) in [6.45, 7) is 0. The summed E-state index contributed by atoms with van der Waals surface area (Å²) in [6, 6.07) is 28.5. The molecule has 0 unspecified atom stereocenters. The summed E-state index contributed by atoms with van der Waals surface area (Å²) >= 11 is 3.40. The van der Waals surface area contributed by atoms with Gasteiger partial charge in [0.25, 0.3) is 0 Å². The molecular formula is C24H17BrNO2+. The van der Waals surface area contributed by atoms with Gasteiger partial charge in [0.2, 0.25) is 5.78 Å². The number of hydrogen-bond donors (Lipinski definition) is 1. The number of rotatable bonds is 4. The molecule has 0 saturated heterocycles. The van der Waals surface area contributed by atoms with Crippen LogP contribution >= 0.6 is 15.9 Å². The van der Waals surface area contributed by atoms with Gasteiger partial charge in [0.1, 0.15) is 11.3 Å². The Bertz CT molecular complexity index is 1180. The maximum atomic E-state index is 13.3. The maximum Gasteiger partial charge on any atom is 0.376 e. The second-order valence-corrected chi connectivity index (χ2v) is 7.25. The van der Waals surface area contributed by atoms with E-state index in [2.05, 4.69) is 15.9 Å². The van der Waals surface area contributed by atoms with E-state index in [0.29, 0.717) is 16.9 Å². The lowest BCUT2D eigenvalue weighted by Crippen LogP contribution is -2.48. The molecule has 4 rings (SSSR count). The van der Waals surface area contributed by atoms with Gasteiger partial charge in [-0.25, -0.2) is 5.41 Å². The Hall–Kier alpha value is -3.24. The van der Waals surface area contributed by atoms with Crippen molar-refractivity contribution >= 4 is 21.7 Å². The highest BCUT2D eigenvalue weighted by Gasteiger charge is 2.23. The van der Waals surface area contributed by atoms with Crippen molar-refractivity contribution in [1.29, 1.82) is 0 Å². The molecule has 1 aromatic heterocycles. The lowest BCUT2D eigenvalue weighted by Gasteiger charge is -2.10. The van der Waals surface area contributed by atoms with Crippen LogP contribution in [0.2, 0.25) is 0 Å². The van der Waals surface area contributed by atoms with Crippen LogP contribution in [0.25, 0.3) is 22.5 Å².